The summed E-state index contributed by atoms with van der Waals surface area (Å²) in [7, 11) is 0. The summed E-state index contributed by atoms with van der Waals surface area (Å²) < 4.78 is 13.9. The molecule has 1 heterocycles. The maximum absolute atomic E-state index is 13.1. The van der Waals surface area contributed by atoms with Gasteiger partial charge in [0.25, 0.3) is 0 Å². The lowest BCUT2D eigenvalue weighted by molar-refractivity contribution is -0.129. The molecule has 1 N–H and O–H groups in total. The predicted octanol–water partition coefficient (Wildman–Crippen LogP) is 2.30. The van der Waals surface area contributed by atoms with Gasteiger partial charge in [0.1, 0.15) is 5.82 Å². The molecule has 1 aromatic rings. The van der Waals surface area contributed by atoms with Gasteiger partial charge < -0.3 is 10.2 Å². The van der Waals surface area contributed by atoms with E-state index in [-0.39, 0.29) is 11.7 Å². The van der Waals surface area contributed by atoms with Crippen LogP contribution in [0.1, 0.15) is 18.4 Å². The van der Waals surface area contributed by atoms with Crippen molar-refractivity contribution in [1.29, 1.82) is 0 Å². The first-order chi connectivity index (χ1) is 8.66. The van der Waals surface area contributed by atoms with E-state index in [4.69, 9.17) is 0 Å². The molecule has 1 saturated heterocycles. The van der Waals surface area contributed by atoms with Gasteiger partial charge in [0.2, 0.25) is 5.91 Å². The van der Waals surface area contributed by atoms with Gasteiger partial charge in [0, 0.05) is 24.1 Å². The lowest BCUT2D eigenvalue weighted by Crippen LogP contribution is -2.36. The molecule has 0 atom stereocenters. The Morgan fingerprint density at radius 3 is 2.83 bits per heavy atom. The summed E-state index contributed by atoms with van der Waals surface area (Å²) in [6.07, 6.45) is 2.20. The first kappa shape index (κ1) is 13.5. The van der Waals surface area contributed by atoms with Crippen molar-refractivity contribution in [2.45, 2.75) is 19.4 Å². The van der Waals surface area contributed by atoms with Gasteiger partial charge in [-0.15, -0.1) is 0 Å². The molecule has 18 heavy (non-hydrogen) atoms. The molecule has 1 fully saturated rings. The largest absolute Gasteiger partial charge is 0.342 e. The van der Waals surface area contributed by atoms with Gasteiger partial charge in [-0.25, -0.2) is 4.39 Å². The number of nitrogens with zero attached hydrogens (tertiary/aromatic N) is 1. The normalized spacial score (nSPS) is 15.1. The quantitative estimate of drug-likeness (QED) is 0.925. The molecule has 0 aliphatic carbocycles. The smallest absolute Gasteiger partial charge is 0.236 e. The van der Waals surface area contributed by atoms with Crippen LogP contribution in [-0.4, -0.2) is 30.4 Å². The Hall–Kier alpha value is -0.940. The van der Waals surface area contributed by atoms with Crippen molar-refractivity contribution in [2.75, 3.05) is 19.6 Å². The van der Waals surface area contributed by atoms with Crippen LogP contribution >= 0.6 is 15.9 Å². The molecule has 0 unspecified atom stereocenters. The summed E-state index contributed by atoms with van der Waals surface area (Å²) in [6, 6.07) is 4.55. The molecule has 0 spiro atoms. The number of hydrogen-bond donors (Lipinski definition) is 1. The summed E-state index contributed by atoms with van der Waals surface area (Å²) in [5.74, 6) is -0.138. The molecule has 0 aromatic heterocycles. The summed E-state index contributed by atoms with van der Waals surface area (Å²) in [5.41, 5.74) is 0.823. The molecule has 2 rings (SSSR count). The van der Waals surface area contributed by atoms with E-state index >= 15 is 0 Å². The zero-order valence-corrected chi connectivity index (χ0v) is 11.7. The number of hydrogen-bond acceptors (Lipinski definition) is 2. The minimum absolute atomic E-state index is 0.125. The van der Waals surface area contributed by atoms with Gasteiger partial charge in [0.05, 0.1) is 6.54 Å². The molecule has 0 saturated carbocycles. The third-order valence-electron chi connectivity index (χ3n) is 3.06. The maximum atomic E-state index is 13.1. The number of likely N-dealkylation sites (tertiary alicyclic amines) is 1. The highest BCUT2D eigenvalue weighted by atomic mass is 79.9. The van der Waals surface area contributed by atoms with Crippen molar-refractivity contribution < 1.29 is 9.18 Å². The number of rotatable bonds is 4. The number of carbonyl (C=O) groups is 1. The lowest BCUT2D eigenvalue weighted by Gasteiger charge is -2.15. The van der Waals surface area contributed by atoms with Crippen LogP contribution in [0.2, 0.25) is 0 Å². The fourth-order valence-electron chi connectivity index (χ4n) is 2.06. The number of benzene rings is 1. The van der Waals surface area contributed by atoms with Gasteiger partial charge in [0.15, 0.2) is 0 Å². The van der Waals surface area contributed by atoms with Crippen LogP contribution in [0, 0.1) is 5.82 Å². The number of amides is 1. The number of halogens is 2. The van der Waals surface area contributed by atoms with Crippen LogP contribution in [0.4, 0.5) is 4.39 Å². The van der Waals surface area contributed by atoms with Crippen molar-refractivity contribution in [3.63, 3.8) is 0 Å². The van der Waals surface area contributed by atoms with Crippen LogP contribution in [0.3, 0.4) is 0 Å². The van der Waals surface area contributed by atoms with Crippen molar-refractivity contribution >= 4 is 21.8 Å². The van der Waals surface area contributed by atoms with E-state index in [0.29, 0.717) is 13.1 Å². The van der Waals surface area contributed by atoms with Gasteiger partial charge in [-0.3, -0.25) is 4.79 Å². The molecule has 5 heteroatoms. The maximum Gasteiger partial charge on any atom is 0.236 e. The van der Waals surface area contributed by atoms with Crippen molar-refractivity contribution in [3.8, 4) is 0 Å². The minimum Gasteiger partial charge on any atom is -0.342 e. The van der Waals surface area contributed by atoms with Crippen molar-refractivity contribution in [2.24, 2.45) is 0 Å². The Kier molecular flexibility index (Phi) is 4.72. The highest BCUT2D eigenvalue weighted by Crippen LogP contribution is 2.17. The molecule has 0 bridgehead atoms. The summed E-state index contributed by atoms with van der Waals surface area (Å²) >= 11 is 3.36. The topological polar surface area (TPSA) is 32.3 Å². The molecular weight excluding hydrogens is 299 g/mol. The van der Waals surface area contributed by atoms with Gasteiger partial charge >= 0.3 is 0 Å². The molecule has 1 aromatic carbocycles. The zero-order chi connectivity index (χ0) is 13.0. The minimum atomic E-state index is -0.263. The average Bonchev–Trinajstić information content (AvgIpc) is 2.87. The summed E-state index contributed by atoms with van der Waals surface area (Å²) in [6.45, 7) is 2.52. The standard InChI is InChI=1S/C13H16BrFN2O/c14-12-4-3-11(15)7-10(12)8-16-9-13(18)17-5-1-2-6-17/h3-4,7,16H,1-2,5-6,8-9H2. The molecule has 0 radical (unpaired) electrons. The number of nitrogens with one attached hydrogen (secondary N) is 1. The average molecular weight is 315 g/mol. The first-order valence-corrected chi connectivity index (χ1v) is 6.88. The Morgan fingerprint density at radius 1 is 1.39 bits per heavy atom. The first-order valence-electron chi connectivity index (χ1n) is 6.09. The van der Waals surface area contributed by atoms with Crippen molar-refractivity contribution in [1.82, 2.24) is 10.2 Å². The Balaban J connectivity index is 1.81. The van der Waals surface area contributed by atoms with E-state index < -0.39 is 0 Å². The van der Waals surface area contributed by atoms with Gasteiger partial charge in [-0.2, -0.15) is 0 Å². The molecule has 1 aliphatic heterocycles. The van der Waals surface area contributed by atoms with Crippen LogP contribution in [0.25, 0.3) is 0 Å². The number of carbonyl (C=O) groups excluding carboxylic acids is 1. The van der Waals surface area contributed by atoms with E-state index in [2.05, 4.69) is 21.2 Å². The molecule has 1 amide bonds. The SMILES string of the molecule is O=C(CNCc1cc(F)ccc1Br)N1CCCC1. The Morgan fingerprint density at radius 2 is 2.11 bits per heavy atom. The highest BCUT2D eigenvalue weighted by molar-refractivity contribution is 9.10. The predicted molar refractivity (Wildman–Crippen MR) is 71.6 cm³/mol. The fourth-order valence-corrected chi connectivity index (χ4v) is 2.45. The third-order valence-corrected chi connectivity index (χ3v) is 3.83. The summed E-state index contributed by atoms with van der Waals surface area (Å²) in [5, 5.41) is 3.06. The molecule has 3 nitrogen and oxygen atoms in total. The highest BCUT2D eigenvalue weighted by Gasteiger charge is 2.17. The summed E-state index contributed by atoms with van der Waals surface area (Å²) in [4.78, 5) is 13.6. The second-order valence-corrected chi connectivity index (χ2v) is 5.28. The molecule has 1 aliphatic rings. The van der Waals surface area contributed by atoms with Gasteiger partial charge in [-0.1, -0.05) is 15.9 Å². The Bertz CT molecular complexity index is 433. The van der Waals surface area contributed by atoms with Gasteiger partial charge in [-0.05, 0) is 36.6 Å². The molecule has 98 valence electrons. The van der Waals surface area contributed by atoms with Crippen molar-refractivity contribution in [3.05, 3.63) is 34.1 Å². The van der Waals surface area contributed by atoms with Crippen LogP contribution in [0.5, 0.6) is 0 Å². The van der Waals surface area contributed by atoms with Crippen LogP contribution in [-0.2, 0) is 11.3 Å². The van der Waals surface area contributed by atoms with Crippen LogP contribution in [0.15, 0.2) is 22.7 Å². The Labute approximate surface area is 114 Å². The second-order valence-electron chi connectivity index (χ2n) is 4.43. The van der Waals surface area contributed by atoms with E-state index in [0.717, 1.165) is 36.0 Å². The van der Waals surface area contributed by atoms with E-state index in [1.165, 1.54) is 12.1 Å². The third kappa shape index (κ3) is 3.53. The van der Waals surface area contributed by atoms with E-state index in [9.17, 15) is 9.18 Å². The lowest BCUT2D eigenvalue weighted by atomic mass is 10.2. The second kappa shape index (κ2) is 6.29. The monoisotopic (exact) mass is 314 g/mol. The van der Waals surface area contributed by atoms with E-state index in [1.807, 2.05) is 4.90 Å². The van der Waals surface area contributed by atoms with E-state index in [1.54, 1.807) is 6.07 Å². The fraction of sp³-hybridized carbons (Fsp3) is 0.462. The van der Waals surface area contributed by atoms with Crippen LogP contribution < -0.4 is 5.32 Å². The zero-order valence-electron chi connectivity index (χ0n) is 10.1. The molecular formula is C13H16BrFN2O.